The molecule has 2 heteroatoms. The van der Waals surface area contributed by atoms with E-state index < -0.39 is 0 Å². The first-order chi connectivity index (χ1) is 6.86. The minimum atomic E-state index is 0.285. The topological polar surface area (TPSA) is 21.3 Å². The second-order valence-electron chi connectivity index (χ2n) is 3.40. The molecule has 1 rings (SSSR count). The van der Waals surface area contributed by atoms with Gasteiger partial charge in [-0.2, -0.15) is 0 Å². The highest BCUT2D eigenvalue weighted by molar-refractivity contribution is 5.21. The van der Waals surface area contributed by atoms with Gasteiger partial charge in [0.25, 0.3) is 0 Å². The summed E-state index contributed by atoms with van der Waals surface area (Å²) in [6.07, 6.45) is 2.53. The predicted octanol–water partition coefficient (Wildman–Crippen LogP) is 2.45. The van der Waals surface area contributed by atoms with Crippen LogP contribution in [0.4, 0.5) is 0 Å². The predicted molar refractivity (Wildman–Crippen MR) is 59.7 cm³/mol. The minimum Gasteiger partial charge on any atom is -0.489 e. The lowest BCUT2D eigenvalue weighted by Crippen LogP contribution is -2.28. The van der Waals surface area contributed by atoms with Gasteiger partial charge < -0.3 is 10.1 Å². The molecule has 78 valence electrons. The van der Waals surface area contributed by atoms with E-state index in [-0.39, 0.29) is 6.10 Å². The van der Waals surface area contributed by atoms with Crippen LogP contribution in [0.25, 0.3) is 0 Å². The Hall–Kier alpha value is -1.02. The van der Waals surface area contributed by atoms with Gasteiger partial charge in [0.1, 0.15) is 11.9 Å². The fraction of sp³-hybridized carbons (Fsp3) is 0.500. The van der Waals surface area contributed by atoms with E-state index in [1.807, 2.05) is 37.4 Å². The molecule has 0 aliphatic heterocycles. The van der Waals surface area contributed by atoms with E-state index in [2.05, 4.69) is 12.2 Å². The van der Waals surface area contributed by atoms with Crippen molar-refractivity contribution >= 4 is 0 Å². The fourth-order valence-corrected chi connectivity index (χ4v) is 1.44. The Morgan fingerprint density at radius 3 is 2.57 bits per heavy atom. The van der Waals surface area contributed by atoms with E-state index >= 15 is 0 Å². The van der Waals surface area contributed by atoms with Crippen molar-refractivity contribution in [3.8, 4) is 5.75 Å². The molecule has 0 spiro atoms. The molecular weight excluding hydrogens is 174 g/mol. The molecule has 0 aromatic heterocycles. The van der Waals surface area contributed by atoms with Gasteiger partial charge in [0.05, 0.1) is 0 Å². The molecule has 0 aliphatic rings. The van der Waals surface area contributed by atoms with Crippen molar-refractivity contribution in [1.29, 1.82) is 0 Å². The maximum atomic E-state index is 5.83. The lowest BCUT2D eigenvalue weighted by molar-refractivity contribution is 0.189. The van der Waals surface area contributed by atoms with Crippen molar-refractivity contribution in [1.82, 2.24) is 5.32 Å². The number of nitrogens with one attached hydrogen (secondary N) is 1. The maximum Gasteiger partial charge on any atom is 0.119 e. The average Bonchev–Trinajstić information content (AvgIpc) is 2.20. The zero-order valence-corrected chi connectivity index (χ0v) is 8.99. The molecule has 0 amide bonds. The summed E-state index contributed by atoms with van der Waals surface area (Å²) in [5.41, 5.74) is 0. The molecule has 0 saturated carbocycles. The van der Waals surface area contributed by atoms with Crippen molar-refractivity contribution in [2.24, 2.45) is 0 Å². The van der Waals surface area contributed by atoms with Crippen molar-refractivity contribution < 1.29 is 4.74 Å². The number of benzene rings is 1. The van der Waals surface area contributed by atoms with E-state index in [1.54, 1.807) is 0 Å². The summed E-state index contributed by atoms with van der Waals surface area (Å²) >= 11 is 0. The van der Waals surface area contributed by atoms with Crippen LogP contribution in [-0.4, -0.2) is 19.7 Å². The van der Waals surface area contributed by atoms with Gasteiger partial charge in [-0.15, -0.1) is 0 Å². The molecule has 0 saturated heterocycles. The van der Waals surface area contributed by atoms with Gasteiger partial charge in [0.2, 0.25) is 0 Å². The van der Waals surface area contributed by atoms with Crippen LogP contribution >= 0.6 is 0 Å². The third-order valence-electron chi connectivity index (χ3n) is 2.09. The average molecular weight is 193 g/mol. The number of likely N-dealkylation sites (N-methyl/N-ethyl adjacent to an activating group) is 1. The van der Waals surface area contributed by atoms with Crippen LogP contribution in [0.5, 0.6) is 5.75 Å². The van der Waals surface area contributed by atoms with Gasteiger partial charge >= 0.3 is 0 Å². The Kier molecular flexibility index (Phi) is 5.08. The summed E-state index contributed by atoms with van der Waals surface area (Å²) in [6, 6.07) is 9.99. The highest BCUT2D eigenvalue weighted by Gasteiger charge is 2.07. The van der Waals surface area contributed by atoms with Gasteiger partial charge in [-0.05, 0) is 25.6 Å². The van der Waals surface area contributed by atoms with Gasteiger partial charge in [-0.25, -0.2) is 0 Å². The molecule has 1 atom stereocenters. The molecule has 1 aromatic rings. The van der Waals surface area contributed by atoms with Crippen LogP contribution in [0.1, 0.15) is 19.8 Å². The molecule has 2 nitrogen and oxygen atoms in total. The van der Waals surface area contributed by atoms with Crippen LogP contribution < -0.4 is 10.1 Å². The third-order valence-corrected chi connectivity index (χ3v) is 2.09. The zero-order valence-electron chi connectivity index (χ0n) is 8.99. The standard InChI is InChI=1S/C12H19NO/c1-3-7-12(10-13-2)14-11-8-5-4-6-9-11/h4-6,8-9,12-13H,3,7,10H2,1-2H3. The largest absolute Gasteiger partial charge is 0.489 e. The van der Waals surface area contributed by atoms with E-state index in [4.69, 9.17) is 4.74 Å². The van der Waals surface area contributed by atoms with Crippen LogP contribution in [-0.2, 0) is 0 Å². The van der Waals surface area contributed by atoms with Crippen molar-refractivity contribution in [3.05, 3.63) is 30.3 Å². The first kappa shape index (κ1) is 11.1. The zero-order chi connectivity index (χ0) is 10.2. The summed E-state index contributed by atoms with van der Waals surface area (Å²) in [7, 11) is 1.96. The molecule has 1 unspecified atom stereocenters. The van der Waals surface area contributed by atoms with Gasteiger partial charge in [-0.3, -0.25) is 0 Å². The second-order valence-corrected chi connectivity index (χ2v) is 3.40. The highest BCUT2D eigenvalue weighted by Crippen LogP contribution is 2.12. The first-order valence-corrected chi connectivity index (χ1v) is 5.23. The molecule has 14 heavy (non-hydrogen) atoms. The molecule has 0 aliphatic carbocycles. The molecule has 0 fully saturated rings. The van der Waals surface area contributed by atoms with E-state index in [0.717, 1.165) is 25.1 Å². The molecule has 0 heterocycles. The van der Waals surface area contributed by atoms with Crippen molar-refractivity contribution in [3.63, 3.8) is 0 Å². The number of hydrogen-bond donors (Lipinski definition) is 1. The molecule has 0 bridgehead atoms. The van der Waals surface area contributed by atoms with Crippen LogP contribution in [0.2, 0.25) is 0 Å². The number of hydrogen-bond acceptors (Lipinski definition) is 2. The molecular formula is C12H19NO. The Labute approximate surface area is 86.3 Å². The SMILES string of the molecule is CCCC(CNC)Oc1ccccc1. The van der Waals surface area contributed by atoms with Crippen molar-refractivity contribution in [2.75, 3.05) is 13.6 Å². The molecule has 1 aromatic carbocycles. The quantitative estimate of drug-likeness (QED) is 0.749. The third kappa shape index (κ3) is 3.79. The van der Waals surface area contributed by atoms with E-state index in [1.165, 1.54) is 0 Å². The van der Waals surface area contributed by atoms with Crippen molar-refractivity contribution in [2.45, 2.75) is 25.9 Å². The first-order valence-electron chi connectivity index (χ1n) is 5.23. The number of ether oxygens (including phenoxy) is 1. The smallest absolute Gasteiger partial charge is 0.119 e. The Bertz CT molecular complexity index is 229. The highest BCUT2D eigenvalue weighted by atomic mass is 16.5. The normalized spacial score (nSPS) is 12.4. The Morgan fingerprint density at radius 2 is 2.00 bits per heavy atom. The minimum absolute atomic E-state index is 0.285. The summed E-state index contributed by atoms with van der Waals surface area (Å²) < 4.78 is 5.83. The Morgan fingerprint density at radius 1 is 1.29 bits per heavy atom. The summed E-state index contributed by atoms with van der Waals surface area (Å²) in [5.74, 6) is 0.959. The lowest BCUT2D eigenvalue weighted by Gasteiger charge is -2.17. The second kappa shape index (κ2) is 6.44. The Balaban J connectivity index is 2.46. The molecule has 1 N–H and O–H groups in total. The number of para-hydroxylation sites is 1. The van der Waals surface area contributed by atoms with Crippen LogP contribution in [0.3, 0.4) is 0 Å². The molecule has 0 radical (unpaired) electrons. The summed E-state index contributed by atoms with van der Waals surface area (Å²) in [5, 5.41) is 3.15. The van der Waals surface area contributed by atoms with Crippen LogP contribution in [0.15, 0.2) is 30.3 Å². The number of rotatable bonds is 6. The fourth-order valence-electron chi connectivity index (χ4n) is 1.44. The van der Waals surface area contributed by atoms with Gasteiger partial charge in [0.15, 0.2) is 0 Å². The van der Waals surface area contributed by atoms with E-state index in [9.17, 15) is 0 Å². The van der Waals surface area contributed by atoms with Gasteiger partial charge in [0, 0.05) is 6.54 Å². The lowest BCUT2D eigenvalue weighted by atomic mass is 10.2. The van der Waals surface area contributed by atoms with Crippen LogP contribution in [0, 0.1) is 0 Å². The summed E-state index contributed by atoms with van der Waals surface area (Å²) in [6.45, 7) is 3.08. The maximum absolute atomic E-state index is 5.83. The monoisotopic (exact) mass is 193 g/mol. The summed E-state index contributed by atoms with van der Waals surface area (Å²) in [4.78, 5) is 0. The van der Waals surface area contributed by atoms with Gasteiger partial charge in [-0.1, -0.05) is 31.5 Å². The van der Waals surface area contributed by atoms with E-state index in [0.29, 0.717) is 0 Å².